The molecule has 0 aliphatic carbocycles. The summed E-state index contributed by atoms with van der Waals surface area (Å²) >= 11 is 0. The van der Waals surface area contributed by atoms with Crippen molar-refractivity contribution in [2.75, 3.05) is 26.7 Å². The average molecular weight is 339 g/mol. The summed E-state index contributed by atoms with van der Waals surface area (Å²) in [4.78, 5) is 0. The van der Waals surface area contributed by atoms with Gasteiger partial charge in [-0.15, -0.1) is 0 Å². The molecule has 0 saturated carbocycles. The predicted octanol–water partition coefficient (Wildman–Crippen LogP) is 1.15. The molecule has 5 nitrogen and oxygen atoms in total. The minimum absolute atomic E-state index is 0.307. The number of quaternary nitrogens is 1. The molecule has 0 spiro atoms. The van der Waals surface area contributed by atoms with E-state index in [0.29, 0.717) is 24.7 Å². The quantitative estimate of drug-likeness (QED) is 0.652. The summed E-state index contributed by atoms with van der Waals surface area (Å²) in [6.45, 7) is 14.7. The molecule has 1 saturated heterocycles. The molecule has 5 heteroatoms. The normalized spacial score (nSPS) is 31.8. The van der Waals surface area contributed by atoms with Gasteiger partial charge < -0.3 is 11.1 Å². The Hall–Kier alpha value is -0.620. The third-order valence-corrected chi connectivity index (χ3v) is 6.11. The summed E-state index contributed by atoms with van der Waals surface area (Å²) in [5.41, 5.74) is 7.54. The number of allylic oxidation sites excluding steroid dienone is 1. The minimum Gasteiger partial charge on any atom is -0.376 e. The lowest BCUT2D eigenvalue weighted by molar-refractivity contribution is -0.685. The van der Waals surface area contributed by atoms with E-state index in [1.54, 1.807) is 0 Å². The Morgan fingerprint density at radius 2 is 2.04 bits per heavy atom. The molecule has 0 aromatic heterocycles. The molecule has 5 N–H and O–H groups in total. The first-order valence-electron chi connectivity index (χ1n) is 9.86. The van der Waals surface area contributed by atoms with Gasteiger partial charge in [0.2, 0.25) is 0 Å². The number of nitrogens with two attached hydrogens (primary N) is 2. The van der Waals surface area contributed by atoms with Crippen LogP contribution in [-0.4, -0.2) is 48.9 Å². The number of hydrazine groups is 1. The zero-order valence-corrected chi connectivity index (χ0v) is 16.6. The van der Waals surface area contributed by atoms with Gasteiger partial charge in [-0.1, -0.05) is 34.6 Å². The Morgan fingerprint density at radius 3 is 2.54 bits per heavy atom. The van der Waals surface area contributed by atoms with Crippen molar-refractivity contribution < 1.29 is 5.32 Å². The highest BCUT2D eigenvalue weighted by Gasteiger charge is 2.40. The fourth-order valence-electron chi connectivity index (χ4n) is 4.10. The van der Waals surface area contributed by atoms with E-state index in [1.165, 1.54) is 18.5 Å². The van der Waals surface area contributed by atoms with Crippen LogP contribution in [0, 0.1) is 23.7 Å². The van der Waals surface area contributed by atoms with Gasteiger partial charge in [0, 0.05) is 32.6 Å². The van der Waals surface area contributed by atoms with E-state index in [2.05, 4.69) is 68.5 Å². The molecule has 0 radical (unpaired) electrons. The van der Waals surface area contributed by atoms with Crippen LogP contribution in [-0.2, 0) is 0 Å². The van der Waals surface area contributed by atoms with Gasteiger partial charge in [-0.3, -0.25) is 5.32 Å². The Morgan fingerprint density at radius 1 is 1.33 bits per heavy atom. The zero-order valence-electron chi connectivity index (χ0n) is 16.6. The molecule has 2 heterocycles. The topological polar surface area (TPSA) is 61.1 Å². The molecule has 2 rings (SSSR count). The SMILES string of the molecule is CCC(CC(C)C(C)C)C1=CNC(CN)C(N2CC(C)CN2C)[NH2+]1. The Labute approximate surface area is 149 Å². The third-order valence-electron chi connectivity index (χ3n) is 6.11. The van der Waals surface area contributed by atoms with Crippen LogP contribution in [0.15, 0.2) is 11.9 Å². The van der Waals surface area contributed by atoms with E-state index in [1.807, 2.05) is 0 Å². The zero-order chi connectivity index (χ0) is 17.9. The van der Waals surface area contributed by atoms with Crippen LogP contribution in [0.2, 0.25) is 0 Å². The van der Waals surface area contributed by atoms with Crippen molar-refractivity contribution in [3.63, 3.8) is 0 Å². The predicted molar refractivity (Wildman–Crippen MR) is 101 cm³/mol. The second-order valence-electron chi connectivity index (χ2n) is 8.44. The van der Waals surface area contributed by atoms with Crippen LogP contribution in [0.25, 0.3) is 0 Å². The summed E-state index contributed by atoms with van der Waals surface area (Å²) in [5.74, 6) is 2.86. The maximum Gasteiger partial charge on any atom is 0.181 e. The number of nitrogens with zero attached hydrogens (tertiary/aromatic N) is 2. The lowest BCUT2D eigenvalue weighted by atomic mass is 9.84. The summed E-state index contributed by atoms with van der Waals surface area (Å²) in [7, 11) is 2.21. The Balaban J connectivity index is 2.10. The van der Waals surface area contributed by atoms with Gasteiger partial charge in [0.1, 0.15) is 11.7 Å². The van der Waals surface area contributed by atoms with Crippen molar-refractivity contribution in [1.82, 2.24) is 15.3 Å². The largest absolute Gasteiger partial charge is 0.376 e. The average Bonchev–Trinajstić information content (AvgIpc) is 2.89. The smallest absolute Gasteiger partial charge is 0.181 e. The number of hydrogen-bond acceptors (Lipinski definition) is 4. The third kappa shape index (κ3) is 4.51. The van der Waals surface area contributed by atoms with E-state index >= 15 is 0 Å². The fraction of sp³-hybridized carbons (Fsp3) is 0.895. The molecule has 5 unspecified atom stereocenters. The van der Waals surface area contributed by atoms with Crippen LogP contribution < -0.4 is 16.4 Å². The number of hydrogen-bond donors (Lipinski definition) is 3. The van der Waals surface area contributed by atoms with Crippen LogP contribution in [0.5, 0.6) is 0 Å². The van der Waals surface area contributed by atoms with Crippen molar-refractivity contribution in [2.45, 2.75) is 59.7 Å². The fourth-order valence-corrected chi connectivity index (χ4v) is 4.10. The van der Waals surface area contributed by atoms with Gasteiger partial charge in [-0.2, -0.15) is 5.01 Å². The van der Waals surface area contributed by atoms with Gasteiger partial charge >= 0.3 is 0 Å². The van der Waals surface area contributed by atoms with Crippen LogP contribution in [0.4, 0.5) is 0 Å². The molecule has 2 aliphatic rings. The van der Waals surface area contributed by atoms with Crippen LogP contribution in [0.1, 0.15) is 47.5 Å². The molecule has 140 valence electrons. The lowest BCUT2D eigenvalue weighted by Crippen LogP contribution is -2.98. The van der Waals surface area contributed by atoms with E-state index in [9.17, 15) is 0 Å². The molecule has 0 aromatic rings. The standard InChI is InChI=1S/C19H39N5/c1-7-16(8-15(5)13(2)3)18-10-21-17(9-20)19(22-18)24-12-14(4)11-23(24)6/h10,13-17,19,21-22H,7-9,11-12,20H2,1-6H3/p+1. The molecular weight excluding hydrogens is 298 g/mol. The second-order valence-corrected chi connectivity index (χ2v) is 8.44. The van der Waals surface area contributed by atoms with Crippen molar-refractivity contribution in [3.05, 3.63) is 11.9 Å². The summed E-state index contributed by atoms with van der Waals surface area (Å²) < 4.78 is 0. The Kier molecular flexibility index (Phi) is 7.10. The molecular formula is C19H40N5+. The molecule has 1 fully saturated rings. The van der Waals surface area contributed by atoms with Gasteiger partial charge in [0.15, 0.2) is 6.17 Å². The number of rotatable bonds is 7. The van der Waals surface area contributed by atoms with Crippen molar-refractivity contribution in [3.8, 4) is 0 Å². The van der Waals surface area contributed by atoms with E-state index in [-0.39, 0.29) is 0 Å². The molecule has 2 aliphatic heterocycles. The molecule has 24 heavy (non-hydrogen) atoms. The van der Waals surface area contributed by atoms with Gasteiger partial charge in [-0.05, 0) is 30.6 Å². The van der Waals surface area contributed by atoms with E-state index < -0.39 is 0 Å². The maximum atomic E-state index is 6.06. The molecule has 0 bridgehead atoms. The van der Waals surface area contributed by atoms with Gasteiger partial charge in [-0.25, -0.2) is 5.01 Å². The van der Waals surface area contributed by atoms with Crippen molar-refractivity contribution in [1.29, 1.82) is 0 Å². The van der Waals surface area contributed by atoms with Gasteiger partial charge in [0.05, 0.1) is 6.20 Å². The highest BCUT2D eigenvalue weighted by Crippen LogP contribution is 2.26. The van der Waals surface area contributed by atoms with Crippen LogP contribution >= 0.6 is 0 Å². The first-order valence-corrected chi connectivity index (χ1v) is 9.86. The molecule has 0 aromatic carbocycles. The monoisotopic (exact) mass is 338 g/mol. The van der Waals surface area contributed by atoms with Gasteiger partial charge in [0.25, 0.3) is 0 Å². The van der Waals surface area contributed by atoms with E-state index in [0.717, 1.165) is 30.8 Å². The first kappa shape index (κ1) is 19.7. The number of nitrogens with one attached hydrogen (secondary N) is 1. The molecule has 0 amide bonds. The van der Waals surface area contributed by atoms with Crippen molar-refractivity contribution >= 4 is 0 Å². The summed E-state index contributed by atoms with van der Waals surface area (Å²) in [5, 5.41) is 11.0. The lowest BCUT2D eigenvalue weighted by Gasteiger charge is -2.39. The summed E-state index contributed by atoms with van der Waals surface area (Å²) in [6, 6.07) is 0.307. The second kappa shape index (κ2) is 8.65. The van der Waals surface area contributed by atoms with Crippen LogP contribution in [0.3, 0.4) is 0 Å². The highest BCUT2D eigenvalue weighted by atomic mass is 15.7. The Bertz CT molecular complexity index is 422. The maximum absolute atomic E-state index is 6.06. The summed E-state index contributed by atoms with van der Waals surface area (Å²) in [6.07, 6.45) is 5.08. The first-order chi connectivity index (χ1) is 11.4. The minimum atomic E-state index is 0.307. The van der Waals surface area contributed by atoms with Crippen molar-refractivity contribution in [2.24, 2.45) is 29.4 Å². The highest BCUT2D eigenvalue weighted by molar-refractivity contribution is 5.02. The van der Waals surface area contributed by atoms with E-state index in [4.69, 9.17) is 5.73 Å². The molecule has 5 atom stereocenters.